The molecule has 8 nitrogen and oxygen atoms in total. The van der Waals surface area contributed by atoms with Crippen molar-refractivity contribution in [3.63, 3.8) is 0 Å². The molecule has 0 N–H and O–H groups in total. The first-order chi connectivity index (χ1) is 12.8. The maximum atomic E-state index is 11.7. The van der Waals surface area contributed by atoms with Crippen molar-refractivity contribution >= 4 is 48.5 Å². The summed E-state index contributed by atoms with van der Waals surface area (Å²) in [5.41, 5.74) is 3.19. The molecule has 0 spiro atoms. The Morgan fingerprint density at radius 2 is 2.04 bits per heavy atom. The van der Waals surface area contributed by atoms with Gasteiger partial charge in [-0.1, -0.05) is 6.07 Å². The zero-order chi connectivity index (χ0) is 19.2. The number of hydrogen-bond donors (Lipinski definition) is 0. The van der Waals surface area contributed by atoms with Crippen molar-refractivity contribution in [3.8, 4) is 0 Å². The first-order valence-electron chi connectivity index (χ1n) is 7.84. The lowest BCUT2D eigenvalue weighted by Gasteiger charge is -2.04. The largest absolute Gasteiger partial charge is 0.465 e. The quantitative estimate of drug-likeness (QED) is 0.482. The van der Waals surface area contributed by atoms with Crippen LogP contribution in [0.4, 0.5) is 0 Å². The summed E-state index contributed by atoms with van der Waals surface area (Å²) in [6, 6.07) is 7.24. The van der Waals surface area contributed by atoms with Gasteiger partial charge in [0.15, 0.2) is 5.65 Å². The molecule has 0 saturated heterocycles. The molecule has 1 aromatic carbocycles. The van der Waals surface area contributed by atoms with Gasteiger partial charge in [0.2, 0.25) is 14.2 Å². The van der Waals surface area contributed by atoms with E-state index in [2.05, 4.69) is 15.0 Å². The molecule has 0 amide bonds. The summed E-state index contributed by atoms with van der Waals surface area (Å²) >= 11 is 1.15. The molecule has 0 aliphatic heterocycles. The molecule has 0 radical (unpaired) electrons. The molecular formula is C17H14N4O4S2. The van der Waals surface area contributed by atoms with E-state index in [1.54, 1.807) is 18.5 Å². The van der Waals surface area contributed by atoms with Gasteiger partial charge in [-0.25, -0.2) is 28.2 Å². The Labute approximate surface area is 158 Å². The number of rotatable bonds is 4. The second kappa shape index (κ2) is 6.39. The van der Waals surface area contributed by atoms with E-state index < -0.39 is 15.8 Å². The number of benzene rings is 1. The Morgan fingerprint density at radius 1 is 1.22 bits per heavy atom. The summed E-state index contributed by atoms with van der Waals surface area (Å²) in [7, 11) is -2.01. The highest BCUT2D eigenvalue weighted by molar-refractivity contribution is 7.92. The predicted molar refractivity (Wildman–Crippen MR) is 101 cm³/mol. The van der Waals surface area contributed by atoms with E-state index in [0.29, 0.717) is 28.8 Å². The monoisotopic (exact) mass is 402 g/mol. The van der Waals surface area contributed by atoms with Gasteiger partial charge in [0.1, 0.15) is 5.52 Å². The van der Waals surface area contributed by atoms with E-state index in [9.17, 15) is 13.2 Å². The van der Waals surface area contributed by atoms with Gasteiger partial charge >= 0.3 is 5.97 Å². The molecule has 10 heteroatoms. The summed E-state index contributed by atoms with van der Waals surface area (Å²) in [4.78, 5) is 24.4. The number of thiazole rings is 1. The number of carbonyl (C=O) groups excluding carboxylic acids is 1. The fourth-order valence-electron chi connectivity index (χ4n) is 2.70. The van der Waals surface area contributed by atoms with Crippen molar-refractivity contribution in [1.82, 2.24) is 19.5 Å². The highest BCUT2D eigenvalue weighted by Crippen LogP contribution is 2.27. The summed E-state index contributed by atoms with van der Waals surface area (Å²) in [6.07, 6.45) is 4.26. The highest BCUT2D eigenvalue weighted by Gasteiger charge is 2.15. The summed E-state index contributed by atoms with van der Waals surface area (Å²) in [5.74, 6) is -0.462. The van der Waals surface area contributed by atoms with Crippen LogP contribution in [-0.2, 0) is 21.1 Å². The Kier molecular flexibility index (Phi) is 4.16. The molecule has 3 aromatic heterocycles. The van der Waals surface area contributed by atoms with Crippen molar-refractivity contribution in [2.75, 3.05) is 13.4 Å². The molecule has 0 fully saturated rings. The standard InChI is InChI=1S/C17H14N4O4S2/c1-25-16(22)11-6-13-15(18-7-11)21(9-19-13)8-10-3-4-12-14(5-10)26-17(20-12)27(2,23)24/h3-7,9H,8H2,1-2H3. The molecule has 0 bridgehead atoms. The number of fused-ring (bicyclic) bond motifs is 2. The number of carbonyl (C=O) groups is 1. The fraction of sp³-hybridized carbons (Fsp3) is 0.176. The Hall–Kier alpha value is -2.85. The maximum absolute atomic E-state index is 11.7. The highest BCUT2D eigenvalue weighted by atomic mass is 32.2. The lowest BCUT2D eigenvalue weighted by Crippen LogP contribution is -2.03. The van der Waals surface area contributed by atoms with Crippen LogP contribution in [0.25, 0.3) is 21.4 Å². The number of imidazole rings is 1. The zero-order valence-corrected chi connectivity index (χ0v) is 16.0. The number of methoxy groups -OCH3 is 1. The molecule has 138 valence electrons. The second-order valence-corrected chi connectivity index (χ2v) is 9.20. The molecule has 0 atom stereocenters. The van der Waals surface area contributed by atoms with Crippen molar-refractivity contribution in [2.45, 2.75) is 10.9 Å². The lowest BCUT2D eigenvalue weighted by molar-refractivity contribution is 0.0600. The van der Waals surface area contributed by atoms with Crippen LogP contribution in [0.15, 0.2) is 41.1 Å². The van der Waals surface area contributed by atoms with Crippen LogP contribution in [0.3, 0.4) is 0 Å². The smallest absolute Gasteiger partial charge is 0.339 e. The Bertz CT molecular complexity index is 1290. The van der Waals surface area contributed by atoms with Crippen LogP contribution in [0, 0.1) is 0 Å². The summed E-state index contributed by atoms with van der Waals surface area (Å²) < 4.78 is 30.8. The van der Waals surface area contributed by atoms with Gasteiger partial charge in [-0.2, -0.15) is 0 Å². The average Bonchev–Trinajstić information content (AvgIpc) is 3.24. The number of aromatic nitrogens is 4. The summed E-state index contributed by atoms with van der Waals surface area (Å²) in [6.45, 7) is 0.503. The van der Waals surface area contributed by atoms with Crippen LogP contribution in [0.2, 0.25) is 0 Å². The predicted octanol–water partition coefficient (Wildman–Crippen LogP) is 2.28. The van der Waals surface area contributed by atoms with Crippen molar-refractivity contribution in [2.24, 2.45) is 0 Å². The van der Waals surface area contributed by atoms with Crippen molar-refractivity contribution in [1.29, 1.82) is 0 Å². The minimum absolute atomic E-state index is 0.111. The fourth-order valence-corrected chi connectivity index (χ4v) is 4.60. The number of ether oxygens (including phenoxy) is 1. The van der Waals surface area contributed by atoms with Gasteiger partial charge in [0.05, 0.1) is 35.8 Å². The molecule has 4 rings (SSSR count). The van der Waals surface area contributed by atoms with E-state index in [1.807, 2.05) is 16.7 Å². The minimum Gasteiger partial charge on any atom is -0.465 e. The zero-order valence-electron chi connectivity index (χ0n) is 14.4. The van der Waals surface area contributed by atoms with E-state index in [0.717, 1.165) is 27.9 Å². The maximum Gasteiger partial charge on any atom is 0.339 e. The van der Waals surface area contributed by atoms with Gasteiger partial charge in [-0.05, 0) is 23.8 Å². The van der Waals surface area contributed by atoms with E-state index in [-0.39, 0.29) is 4.34 Å². The molecule has 0 saturated carbocycles. The third-order valence-electron chi connectivity index (χ3n) is 3.98. The van der Waals surface area contributed by atoms with Crippen molar-refractivity contribution in [3.05, 3.63) is 47.9 Å². The van der Waals surface area contributed by atoms with E-state index in [4.69, 9.17) is 4.74 Å². The van der Waals surface area contributed by atoms with Gasteiger partial charge in [-0.15, -0.1) is 11.3 Å². The second-order valence-electron chi connectivity index (χ2n) is 5.98. The molecule has 0 aliphatic rings. The number of hydrogen-bond acceptors (Lipinski definition) is 8. The Morgan fingerprint density at radius 3 is 2.78 bits per heavy atom. The molecule has 27 heavy (non-hydrogen) atoms. The normalized spacial score (nSPS) is 11.9. The van der Waals surface area contributed by atoms with Crippen LogP contribution < -0.4 is 0 Å². The van der Waals surface area contributed by atoms with Gasteiger partial charge in [-0.3, -0.25) is 0 Å². The number of nitrogens with zero attached hydrogens (tertiary/aromatic N) is 4. The van der Waals surface area contributed by atoms with Gasteiger partial charge < -0.3 is 9.30 Å². The lowest BCUT2D eigenvalue weighted by atomic mass is 10.2. The topological polar surface area (TPSA) is 104 Å². The van der Waals surface area contributed by atoms with Crippen LogP contribution >= 0.6 is 11.3 Å². The first-order valence-corrected chi connectivity index (χ1v) is 10.5. The Balaban J connectivity index is 1.68. The third kappa shape index (κ3) is 3.28. The van der Waals surface area contributed by atoms with E-state index >= 15 is 0 Å². The number of pyridine rings is 1. The van der Waals surface area contributed by atoms with Crippen LogP contribution in [0.5, 0.6) is 0 Å². The van der Waals surface area contributed by atoms with Gasteiger partial charge in [0.25, 0.3) is 0 Å². The number of esters is 1. The minimum atomic E-state index is -3.33. The van der Waals surface area contributed by atoms with Crippen LogP contribution in [0.1, 0.15) is 15.9 Å². The molecular weight excluding hydrogens is 388 g/mol. The van der Waals surface area contributed by atoms with Gasteiger partial charge in [0, 0.05) is 12.5 Å². The first kappa shape index (κ1) is 17.6. The van der Waals surface area contributed by atoms with E-state index in [1.165, 1.54) is 13.3 Å². The third-order valence-corrected chi connectivity index (χ3v) is 6.68. The summed E-state index contributed by atoms with van der Waals surface area (Å²) in [5, 5.41) is 0. The molecule has 4 aromatic rings. The number of sulfone groups is 1. The average molecular weight is 402 g/mol. The SMILES string of the molecule is COC(=O)c1cnc2c(c1)ncn2Cc1ccc2nc(S(C)(=O)=O)sc2c1. The molecule has 0 unspecified atom stereocenters. The van der Waals surface area contributed by atoms with Crippen molar-refractivity contribution < 1.29 is 17.9 Å². The molecule has 0 aliphatic carbocycles. The van der Waals surface area contributed by atoms with Crippen LogP contribution in [-0.4, -0.2) is 47.3 Å². The molecule has 3 heterocycles.